The number of hydrogen-bond donors (Lipinski definition) is 3. The van der Waals surface area contributed by atoms with E-state index in [0.29, 0.717) is 25.2 Å². The Balaban J connectivity index is 2.16. The molecule has 6 nitrogen and oxygen atoms in total. The standard InChI is InChI=1S/C13H26N4O2/c1-14-13(15-8-9-19-2)16-10-12(18)17-11-6-4-3-5-7-11/h11H,3-10H2,1-2H3,(H,17,18)(H2,14,15,16). The van der Waals surface area contributed by atoms with Crippen LogP contribution in [-0.4, -0.2) is 51.8 Å². The third kappa shape index (κ3) is 7.00. The molecule has 0 heterocycles. The highest BCUT2D eigenvalue weighted by atomic mass is 16.5. The highest BCUT2D eigenvalue weighted by Crippen LogP contribution is 2.16. The van der Waals surface area contributed by atoms with Gasteiger partial charge in [-0.25, -0.2) is 0 Å². The van der Waals surface area contributed by atoms with Crippen molar-refractivity contribution in [1.29, 1.82) is 0 Å². The number of aliphatic imine (C=N–C) groups is 1. The molecule has 0 bridgehead atoms. The van der Waals surface area contributed by atoms with Gasteiger partial charge in [-0.1, -0.05) is 19.3 Å². The number of guanidine groups is 1. The van der Waals surface area contributed by atoms with Crippen molar-refractivity contribution in [3.8, 4) is 0 Å². The van der Waals surface area contributed by atoms with Crippen molar-refractivity contribution < 1.29 is 9.53 Å². The Hall–Kier alpha value is -1.30. The monoisotopic (exact) mass is 270 g/mol. The number of methoxy groups -OCH3 is 1. The summed E-state index contributed by atoms with van der Waals surface area (Å²) in [5, 5.41) is 9.11. The van der Waals surface area contributed by atoms with Crippen LogP contribution in [0.3, 0.4) is 0 Å². The van der Waals surface area contributed by atoms with E-state index in [9.17, 15) is 4.79 Å². The normalized spacial score (nSPS) is 17.1. The van der Waals surface area contributed by atoms with Gasteiger partial charge in [0.1, 0.15) is 0 Å². The highest BCUT2D eigenvalue weighted by Gasteiger charge is 2.15. The Kier molecular flexibility index (Phi) is 7.97. The Morgan fingerprint density at radius 1 is 1.26 bits per heavy atom. The zero-order valence-electron chi connectivity index (χ0n) is 12.0. The second-order valence-corrected chi connectivity index (χ2v) is 4.75. The van der Waals surface area contributed by atoms with E-state index >= 15 is 0 Å². The summed E-state index contributed by atoms with van der Waals surface area (Å²) in [4.78, 5) is 15.8. The largest absolute Gasteiger partial charge is 0.383 e. The predicted octanol–water partition coefficient (Wildman–Crippen LogP) is 0.247. The molecule has 19 heavy (non-hydrogen) atoms. The van der Waals surface area contributed by atoms with Gasteiger partial charge >= 0.3 is 0 Å². The first-order valence-electron chi connectivity index (χ1n) is 6.99. The van der Waals surface area contributed by atoms with Gasteiger partial charge in [-0.2, -0.15) is 0 Å². The Labute approximate surface area is 115 Å². The summed E-state index contributed by atoms with van der Waals surface area (Å²) in [5.41, 5.74) is 0. The Bertz CT molecular complexity index is 288. The first-order chi connectivity index (χ1) is 9.26. The molecule has 6 heteroatoms. The summed E-state index contributed by atoms with van der Waals surface area (Å²) in [6.45, 7) is 1.53. The lowest BCUT2D eigenvalue weighted by molar-refractivity contribution is -0.120. The summed E-state index contributed by atoms with van der Waals surface area (Å²) in [5.74, 6) is 0.650. The molecular weight excluding hydrogens is 244 g/mol. The number of nitrogens with zero attached hydrogens (tertiary/aromatic N) is 1. The van der Waals surface area contributed by atoms with Crippen molar-refractivity contribution in [3.05, 3.63) is 0 Å². The molecule has 1 rings (SSSR count). The first-order valence-corrected chi connectivity index (χ1v) is 6.99. The molecule has 0 aliphatic heterocycles. The summed E-state index contributed by atoms with van der Waals surface area (Å²) >= 11 is 0. The smallest absolute Gasteiger partial charge is 0.239 e. The van der Waals surface area contributed by atoms with Crippen molar-refractivity contribution in [1.82, 2.24) is 16.0 Å². The quantitative estimate of drug-likeness (QED) is 0.367. The van der Waals surface area contributed by atoms with E-state index in [1.54, 1.807) is 14.2 Å². The van der Waals surface area contributed by atoms with Crippen molar-refractivity contribution in [3.63, 3.8) is 0 Å². The molecule has 0 radical (unpaired) electrons. The molecule has 1 saturated carbocycles. The fourth-order valence-corrected chi connectivity index (χ4v) is 2.18. The van der Waals surface area contributed by atoms with Crippen LogP contribution < -0.4 is 16.0 Å². The molecule has 1 aliphatic carbocycles. The van der Waals surface area contributed by atoms with Gasteiger partial charge in [-0.15, -0.1) is 0 Å². The average Bonchev–Trinajstić information content (AvgIpc) is 2.44. The minimum absolute atomic E-state index is 0.0293. The van der Waals surface area contributed by atoms with E-state index in [-0.39, 0.29) is 12.5 Å². The number of nitrogens with one attached hydrogen (secondary N) is 3. The summed E-state index contributed by atoms with van der Waals surface area (Å²) in [7, 11) is 3.33. The molecular formula is C13H26N4O2. The van der Waals surface area contributed by atoms with Crippen LogP contribution >= 0.6 is 0 Å². The number of rotatable bonds is 6. The topological polar surface area (TPSA) is 74.8 Å². The maximum Gasteiger partial charge on any atom is 0.239 e. The molecule has 3 N–H and O–H groups in total. The van der Waals surface area contributed by atoms with Crippen molar-refractivity contribution >= 4 is 11.9 Å². The molecule has 0 atom stereocenters. The van der Waals surface area contributed by atoms with E-state index in [2.05, 4.69) is 20.9 Å². The maximum absolute atomic E-state index is 11.8. The molecule has 110 valence electrons. The minimum Gasteiger partial charge on any atom is -0.383 e. The summed E-state index contributed by atoms with van der Waals surface area (Å²) in [6, 6.07) is 0.353. The van der Waals surface area contributed by atoms with Gasteiger partial charge in [-0.05, 0) is 12.8 Å². The van der Waals surface area contributed by atoms with Crippen LogP contribution in [0.15, 0.2) is 4.99 Å². The van der Waals surface area contributed by atoms with Crippen LogP contribution in [0.2, 0.25) is 0 Å². The lowest BCUT2D eigenvalue weighted by atomic mass is 9.95. The number of carbonyl (C=O) groups is 1. The number of amides is 1. The van der Waals surface area contributed by atoms with Gasteiger partial charge in [0.15, 0.2) is 5.96 Å². The van der Waals surface area contributed by atoms with Gasteiger partial charge in [0.05, 0.1) is 13.2 Å². The van der Waals surface area contributed by atoms with Crippen LogP contribution in [0.25, 0.3) is 0 Å². The lowest BCUT2D eigenvalue weighted by Gasteiger charge is -2.23. The lowest BCUT2D eigenvalue weighted by Crippen LogP contribution is -2.46. The van der Waals surface area contributed by atoms with Gasteiger partial charge in [0.25, 0.3) is 0 Å². The zero-order valence-corrected chi connectivity index (χ0v) is 12.0. The molecule has 1 fully saturated rings. The van der Waals surface area contributed by atoms with E-state index < -0.39 is 0 Å². The minimum atomic E-state index is 0.0293. The second-order valence-electron chi connectivity index (χ2n) is 4.75. The van der Waals surface area contributed by atoms with E-state index in [4.69, 9.17) is 4.74 Å². The first kappa shape index (κ1) is 15.8. The predicted molar refractivity (Wildman–Crippen MR) is 76.3 cm³/mol. The van der Waals surface area contributed by atoms with Gasteiger partial charge < -0.3 is 20.7 Å². The molecule has 0 aromatic heterocycles. The maximum atomic E-state index is 11.8. The Morgan fingerprint density at radius 2 is 2.00 bits per heavy atom. The molecule has 0 spiro atoms. The van der Waals surface area contributed by atoms with Gasteiger partial charge in [0.2, 0.25) is 5.91 Å². The fourth-order valence-electron chi connectivity index (χ4n) is 2.18. The summed E-state index contributed by atoms with van der Waals surface area (Å²) in [6.07, 6.45) is 5.94. The third-order valence-corrected chi connectivity index (χ3v) is 3.21. The SMILES string of the molecule is CN=C(NCCOC)NCC(=O)NC1CCCCC1. The van der Waals surface area contributed by atoms with Crippen molar-refractivity contribution in [2.75, 3.05) is 33.9 Å². The molecule has 0 aromatic carbocycles. The molecule has 0 saturated heterocycles. The third-order valence-electron chi connectivity index (χ3n) is 3.21. The molecule has 0 aromatic rings. The fraction of sp³-hybridized carbons (Fsp3) is 0.846. The van der Waals surface area contributed by atoms with Crippen LogP contribution in [0.5, 0.6) is 0 Å². The Morgan fingerprint density at radius 3 is 2.63 bits per heavy atom. The molecule has 1 aliphatic rings. The van der Waals surface area contributed by atoms with E-state index in [1.807, 2.05) is 0 Å². The van der Waals surface area contributed by atoms with E-state index in [0.717, 1.165) is 12.8 Å². The van der Waals surface area contributed by atoms with Gasteiger partial charge in [-0.3, -0.25) is 9.79 Å². The van der Waals surface area contributed by atoms with Crippen molar-refractivity contribution in [2.24, 2.45) is 4.99 Å². The van der Waals surface area contributed by atoms with Gasteiger partial charge in [0, 0.05) is 26.7 Å². The average molecular weight is 270 g/mol. The number of ether oxygens (including phenoxy) is 1. The molecule has 0 unspecified atom stereocenters. The number of carbonyl (C=O) groups excluding carboxylic acids is 1. The molecule has 1 amide bonds. The number of hydrogen-bond acceptors (Lipinski definition) is 3. The van der Waals surface area contributed by atoms with Crippen molar-refractivity contribution in [2.45, 2.75) is 38.1 Å². The van der Waals surface area contributed by atoms with Crippen LogP contribution in [0.1, 0.15) is 32.1 Å². The summed E-state index contributed by atoms with van der Waals surface area (Å²) < 4.78 is 4.94. The van der Waals surface area contributed by atoms with Crippen LogP contribution in [-0.2, 0) is 9.53 Å². The van der Waals surface area contributed by atoms with Crippen LogP contribution in [0.4, 0.5) is 0 Å². The second kappa shape index (κ2) is 9.61. The zero-order chi connectivity index (χ0) is 13.9. The van der Waals surface area contributed by atoms with Crippen LogP contribution in [0, 0.1) is 0 Å². The highest BCUT2D eigenvalue weighted by molar-refractivity contribution is 5.86. The van der Waals surface area contributed by atoms with E-state index in [1.165, 1.54) is 19.3 Å².